The SMILES string of the molecule is COC(=O)c1cc(Br)ccc1OCc1cccc(C#N)c1. The molecule has 5 heteroatoms. The molecule has 0 fully saturated rings. The first-order valence-corrected chi connectivity index (χ1v) is 6.93. The number of halogens is 1. The van der Waals surface area contributed by atoms with Crippen LogP contribution in [0.4, 0.5) is 0 Å². The molecule has 21 heavy (non-hydrogen) atoms. The van der Waals surface area contributed by atoms with E-state index in [4.69, 9.17) is 14.7 Å². The first kappa shape index (κ1) is 15.1. The fraction of sp³-hybridized carbons (Fsp3) is 0.125. The first-order chi connectivity index (χ1) is 10.1. The average Bonchev–Trinajstić information content (AvgIpc) is 2.53. The molecule has 0 aliphatic carbocycles. The zero-order valence-electron chi connectivity index (χ0n) is 11.3. The zero-order valence-corrected chi connectivity index (χ0v) is 12.9. The van der Waals surface area contributed by atoms with Gasteiger partial charge in [0.05, 0.1) is 18.7 Å². The molecule has 0 bridgehead atoms. The lowest BCUT2D eigenvalue weighted by Gasteiger charge is -2.11. The van der Waals surface area contributed by atoms with E-state index in [1.54, 1.807) is 36.4 Å². The summed E-state index contributed by atoms with van der Waals surface area (Å²) in [6.45, 7) is 0.265. The van der Waals surface area contributed by atoms with E-state index >= 15 is 0 Å². The number of benzene rings is 2. The summed E-state index contributed by atoms with van der Waals surface area (Å²) >= 11 is 3.31. The van der Waals surface area contributed by atoms with Gasteiger partial charge in [0, 0.05) is 4.47 Å². The summed E-state index contributed by atoms with van der Waals surface area (Å²) in [6.07, 6.45) is 0. The summed E-state index contributed by atoms with van der Waals surface area (Å²) in [6, 6.07) is 14.3. The Hall–Kier alpha value is -2.32. The Morgan fingerprint density at radius 1 is 1.29 bits per heavy atom. The highest BCUT2D eigenvalue weighted by Gasteiger charge is 2.13. The minimum Gasteiger partial charge on any atom is -0.488 e. The monoisotopic (exact) mass is 345 g/mol. The lowest BCUT2D eigenvalue weighted by Crippen LogP contribution is -2.06. The number of rotatable bonds is 4. The van der Waals surface area contributed by atoms with E-state index in [-0.39, 0.29) is 6.61 Å². The predicted molar refractivity (Wildman–Crippen MR) is 81.0 cm³/mol. The van der Waals surface area contributed by atoms with E-state index in [1.807, 2.05) is 6.07 Å². The van der Waals surface area contributed by atoms with Crippen LogP contribution in [-0.2, 0) is 11.3 Å². The third-order valence-electron chi connectivity index (χ3n) is 2.80. The highest BCUT2D eigenvalue weighted by molar-refractivity contribution is 9.10. The van der Waals surface area contributed by atoms with Crippen LogP contribution in [0.25, 0.3) is 0 Å². The Balaban J connectivity index is 2.20. The highest BCUT2D eigenvalue weighted by atomic mass is 79.9. The van der Waals surface area contributed by atoms with Crippen LogP contribution in [0.3, 0.4) is 0 Å². The molecule has 0 amide bonds. The molecule has 0 aromatic heterocycles. The Kier molecular flexibility index (Phi) is 4.96. The van der Waals surface area contributed by atoms with Crippen molar-refractivity contribution in [3.63, 3.8) is 0 Å². The second-order valence-electron chi connectivity index (χ2n) is 4.23. The molecule has 0 N–H and O–H groups in total. The number of hydrogen-bond acceptors (Lipinski definition) is 4. The van der Waals surface area contributed by atoms with Gasteiger partial charge in [-0.2, -0.15) is 5.26 Å². The van der Waals surface area contributed by atoms with Crippen LogP contribution in [-0.4, -0.2) is 13.1 Å². The topological polar surface area (TPSA) is 59.3 Å². The number of ether oxygens (including phenoxy) is 2. The number of carbonyl (C=O) groups excluding carboxylic acids is 1. The Bertz CT molecular complexity index is 707. The van der Waals surface area contributed by atoms with Crippen LogP contribution in [0, 0.1) is 11.3 Å². The number of hydrogen-bond donors (Lipinski definition) is 0. The maximum atomic E-state index is 11.7. The van der Waals surface area contributed by atoms with E-state index in [9.17, 15) is 4.79 Å². The van der Waals surface area contributed by atoms with Crippen molar-refractivity contribution >= 4 is 21.9 Å². The third kappa shape index (κ3) is 3.83. The summed E-state index contributed by atoms with van der Waals surface area (Å²) in [5, 5.41) is 8.87. The van der Waals surface area contributed by atoms with E-state index in [0.717, 1.165) is 10.0 Å². The Labute approximate surface area is 131 Å². The minimum atomic E-state index is -0.461. The molecule has 0 aliphatic heterocycles. The fourth-order valence-corrected chi connectivity index (χ4v) is 2.15. The predicted octanol–water partition coefficient (Wildman–Crippen LogP) is 3.69. The molecule has 0 saturated heterocycles. The first-order valence-electron chi connectivity index (χ1n) is 6.13. The van der Waals surface area contributed by atoms with Gasteiger partial charge < -0.3 is 9.47 Å². The Morgan fingerprint density at radius 3 is 2.81 bits per heavy atom. The molecule has 106 valence electrons. The molecule has 0 saturated carbocycles. The molecule has 0 spiro atoms. The van der Waals surface area contributed by atoms with Gasteiger partial charge in [0.15, 0.2) is 0 Å². The maximum Gasteiger partial charge on any atom is 0.341 e. The van der Waals surface area contributed by atoms with Crippen LogP contribution in [0.2, 0.25) is 0 Å². The van der Waals surface area contributed by atoms with Crippen LogP contribution in [0.15, 0.2) is 46.9 Å². The molecule has 4 nitrogen and oxygen atoms in total. The Morgan fingerprint density at radius 2 is 2.10 bits per heavy atom. The van der Waals surface area contributed by atoms with Gasteiger partial charge in [-0.3, -0.25) is 0 Å². The maximum absolute atomic E-state index is 11.7. The molecule has 2 rings (SSSR count). The average molecular weight is 346 g/mol. The number of methoxy groups -OCH3 is 1. The largest absolute Gasteiger partial charge is 0.488 e. The molecule has 2 aromatic carbocycles. The van der Waals surface area contributed by atoms with Crippen LogP contribution >= 0.6 is 15.9 Å². The van der Waals surface area contributed by atoms with Gasteiger partial charge in [-0.15, -0.1) is 0 Å². The summed E-state index contributed by atoms with van der Waals surface area (Å²) in [5.41, 5.74) is 1.77. The van der Waals surface area contributed by atoms with Gasteiger partial charge >= 0.3 is 5.97 Å². The van der Waals surface area contributed by atoms with Crippen LogP contribution in [0.5, 0.6) is 5.75 Å². The molecule has 0 atom stereocenters. The van der Waals surface area contributed by atoms with Gasteiger partial charge in [0.2, 0.25) is 0 Å². The van der Waals surface area contributed by atoms with Gasteiger partial charge in [-0.25, -0.2) is 4.79 Å². The molecule has 2 aromatic rings. The molecule has 0 heterocycles. The van der Waals surface area contributed by atoms with Crippen molar-refractivity contribution in [3.8, 4) is 11.8 Å². The van der Waals surface area contributed by atoms with Gasteiger partial charge in [-0.1, -0.05) is 28.1 Å². The number of nitriles is 1. The number of carbonyl (C=O) groups is 1. The van der Waals surface area contributed by atoms with E-state index in [2.05, 4.69) is 22.0 Å². The second-order valence-corrected chi connectivity index (χ2v) is 5.15. The van der Waals surface area contributed by atoms with Gasteiger partial charge in [0.25, 0.3) is 0 Å². The lowest BCUT2D eigenvalue weighted by molar-refractivity contribution is 0.0595. The van der Waals surface area contributed by atoms with Gasteiger partial charge in [-0.05, 0) is 35.9 Å². The third-order valence-corrected chi connectivity index (χ3v) is 3.29. The van der Waals surface area contributed by atoms with Crippen molar-refractivity contribution in [2.45, 2.75) is 6.61 Å². The lowest BCUT2D eigenvalue weighted by atomic mass is 10.1. The van der Waals surface area contributed by atoms with Crippen molar-refractivity contribution in [1.82, 2.24) is 0 Å². The summed E-state index contributed by atoms with van der Waals surface area (Å²) < 4.78 is 11.2. The normalized spacial score (nSPS) is 9.76. The molecule has 0 aliphatic rings. The minimum absolute atomic E-state index is 0.265. The van der Waals surface area contributed by atoms with Crippen molar-refractivity contribution in [2.75, 3.05) is 7.11 Å². The highest BCUT2D eigenvalue weighted by Crippen LogP contribution is 2.25. The van der Waals surface area contributed by atoms with Crippen LogP contribution < -0.4 is 4.74 Å². The van der Waals surface area contributed by atoms with Crippen LogP contribution in [0.1, 0.15) is 21.5 Å². The summed E-state index contributed by atoms with van der Waals surface area (Å²) in [5.74, 6) is -0.0236. The fourth-order valence-electron chi connectivity index (χ4n) is 1.79. The number of esters is 1. The molecular formula is C16H12BrNO3. The molecule has 0 radical (unpaired) electrons. The van der Waals surface area contributed by atoms with E-state index < -0.39 is 5.97 Å². The van der Waals surface area contributed by atoms with Crippen molar-refractivity contribution in [1.29, 1.82) is 5.26 Å². The van der Waals surface area contributed by atoms with E-state index in [1.165, 1.54) is 7.11 Å². The molecular weight excluding hydrogens is 334 g/mol. The van der Waals surface area contributed by atoms with Gasteiger partial charge in [0.1, 0.15) is 17.9 Å². The van der Waals surface area contributed by atoms with Crippen molar-refractivity contribution in [2.24, 2.45) is 0 Å². The molecule has 0 unspecified atom stereocenters. The van der Waals surface area contributed by atoms with Crippen molar-refractivity contribution < 1.29 is 14.3 Å². The number of nitrogens with zero attached hydrogens (tertiary/aromatic N) is 1. The summed E-state index contributed by atoms with van der Waals surface area (Å²) in [7, 11) is 1.32. The second kappa shape index (κ2) is 6.91. The van der Waals surface area contributed by atoms with E-state index in [0.29, 0.717) is 16.9 Å². The zero-order chi connectivity index (χ0) is 15.2. The standard InChI is InChI=1S/C16H12BrNO3/c1-20-16(19)14-8-13(17)5-6-15(14)21-10-12-4-2-3-11(7-12)9-18/h2-8H,10H2,1H3. The van der Waals surface area contributed by atoms with Crippen molar-refractivity contribution in [3.05, 3.63) is 63.6 Å². The quantitative estimate of drug-likeness (QED) is 0.793. The smallest absolute Gasteiger partial charge is 0.341 e. The summed E-state index contributed by atoms with van der Waals surface area (Å²) in [4.78, 5) is 11.7.